The van der Waals surface area contributed by atoms with Crippen LogP contribution in [-0.2, 0) is 22.6 Å². The van der Waals surface area contributed by atoms with Crippen molar-refractivity contribution in [3.63, 3.8) is 0 Å². The minimum Gasteiger partial charge on any atom is -0.489 e. The fraction of sp³-hybridized carbons (Fsp3) is 0.409. The SMILES string of the molecule is CCc1ccc(Cl)c(COc2ccc(C3CN(CCC(=O)Cl)CCO3)cc2)c1. The molecule has 2 aromatic carbocycles. The summed E-state index contributed by atoms with van der Waals surface area (Å²) < 4.78 is 11.8. The van der Waals surface area contributed by atoms with Gasteiger partial charge < -0.3 is 9.47 Å². The maximum absolute atomic E-state index is 11.0. The van der Waals surface area contributed by atoms with E-state index in [-0.39, 0.29) is 11.3 Å². The van der Waals surface area contributed by atoms with Gasteiger partial charge in [0, 0.05) is 36.6 Å². The van der Waals surface area contributed by atoms with E-state index in [0.717, 1.165) is 41.4 Å². The molecule has 0 saturated carbocycles. The second kappa shape index (κ2) is 10.3. The van der Waals surface area contributed by atoms with Crippen molar-refractivity contribution in [2.75, 3.05) is 26.2 Å². The van der Waals surface area contributed by atoms with Gasteiger partial charge in [0.25, 0.3) is 0 Å². The molecule has 0 spiro atoms. The Labute approximate surface area is 176 Å². The lowest BCUT2D eigenvalue weighted by atomic mass is 10.1. The minimum absolute atomic E-state index is 0.0103. The number of nitrogens with zero attached hydrogens (tertiary/aromatic N) is 1. The third-order valence-electron chi connectivity index (χ3n) is 4.94. The van der Waals surface area contributed by atoms with Crippen LogP contribution >= 0.6 is 23.2 Å². The first kappa shape index (κ1) is 21.1. The largest absolute Gasteiger partial charge is 0.489 e. The Bertz CT molecular complexity index is 795. The molecule has 1 saturated heterocycles. The molecule has 3 rings (SSSR count). The van der Waals surface area contributed by atoms with Crippen LogP contribution in [0.5, 0.6) is 5.75 Å². The maximum Gasteiger partial charge on any atom is 0.222 e. The summed E-state index contributed by atoms with van der Waals surface area (Å²) in [5.41, 5.74) is 3.33. The molecule has 1 unspecified atom stereocenters. The molecule has 150 valence electrons. The number of aryl methyl sites for hydroxylation is 1. The second-order valence-electron chi connectivity index (χ2n) is 6.90. The topological polar surface area (TPSA) is 38.8 Å². The molecule has 1 atom stereocenters. The van der Waals surface area contributed by atoms with Crippen molar-refractivity contribution in [3.05, 3.63) is 64.2 Å². The first-order valence-electron chi connectivity index (χ1n) is 9.57. The van der Waals surface area contributed by atoms with Gasteiger partial charge in [-0.05, 0) is 47.3 Å². The highest BCUT2D eigenvalue weighted by molar-refractivity contribution is 6.63. The highest BCUT2D eigenvalue weighted by Gasteiger charge is 2.22. The summed E-state index contributed by atoms with van der Waals surface area (Å²) >= 11 is 11.7. The van der Waals surface area contributed by atoms with Crippen molar-refractivity contribution < 1.29 is 14.3 Å². The average molecular weight is 422 g/mol. The van der Waals surface area contributed by atoms with Crippen molar-refractivity contribution in [2.24, 2.45) is 0 Å². The van der Waals surface area contributed by atoms with E-state index in [4.69, 9.17) is 32.7 Å². The van der Waals surface area contributed by atoms with Gasteiger partial charge in [-0.2, -0.15) is 0 Å². The minimum atomic E-state index is -0.297. The van der Waals surface area contributed by atoms with Crippen LogP contribution in [0.25, 0.3) is 0 Å². The summed E-state index contributed by atoms with van der Waals surface area (Å²) in [7, 11) is 0. The molecule has 1 fully saturated rings. The zero-order valence-electron chi connectivity index (χ0n) is 16.0. The Morgan fingerprint density at radius 2 is 2.04 bits per heavy atom. The molecule has 0 radical (unpaired) electrons. The summed E-state index contributed by atoms with van der Waals surface area (Å²) in [5, 5.41) is 0.425. The number of benzene rings is 2. The molecule has 6 heteroatoms. The maximum atomic E-state index is 11.0. The number of morpholine rings is 1. The summed E-state index contributed by atoms with van der Waals surface area (Å²) in [6, 6.07) is 14.0. The quantitative estimate of drug-likeness (QED) is 0.561. The Morgan fingerprint density at radius 3 is 2.75 bits per heavy atom. The van der Waals surface area contributed by atoms with Gasteiger partial charge >= 0.3 is 0 Å². The van der Waals surface area contributed by atoms with Crippen LogP contribution in [0, 0.1) is 0 Å². The van der Waals surface area contributed by atoms with E-state index in [1.807, 2.05) is 36.4 Å². The fourth-order valence-electron chi connectivity index (χ4n) is 3.25. The van der Waals surface area contributed by atoms with Crippen molar-refractivity contribution in [1.82, 2.24) is 4.90 Å². The zero-order valence-corrected chi connectivity index (χ0v) is 17.5. The zero-order chi connectivity index (χ0) is 19.9. The molecule has 1 heterocycles. The van der Waals surface area contributed by atoms with E-state index in [2.05, 4.69) is 17.9 Å². The van der Waals surface area contributed by atoms with Gasteiger partial charge in [-0.3, -0.25) is 9.69 Å². The molecule has 0 aromatic heterocycles. The number of ether oxygens (including phenoxy) is 2. The molecular formula is C22H25Cl2NO3. The summed E-state index contributed by atoms with van der Waals surface area (Å²) in [5.74, 6) is 0.794. The van der Waals surface area contributed by atoms with Crippen LogP contribution in [0.1, 0.15) is 36.1 Å². The first-order chi connectivity index (χ1) is 13.5. The first-order valence-corrected chi connectivity index (χ1v) is 10.3. The van der Waals surface area contributed by atoms with Gasteiger partial charge in [-0.1, -0.05) is 42.8 Å². The van der Waals surface area contributed by atoms with Gasteiger partial charge in [-0.15, -0.1) is 0 Å². The van der Waals surface area contributed by atoms with Crippen molar-refractivity contribution in [1.29, 1.82) is 0 Å². The van der Waals surface area contributed by atoms with E-state index >= 15 is 0 Å². The number of hydrogen-bond acceptors (Lipinski definition) is 4. The predicted octanol–water partition coefficient (Wildman–Crippen LogP) is 5.01. The lowest BCUT2D eigenvalue weighted by Gasteiger charge is -2.32. The highest BCUT2D eigenvalue weighted by atomic mass is 35.5. The van der Waals surface area contributed by atoms with Gasteiger partial charge in [-0.25, -0.2) is 0 Å². The standard InChI is InChI=1S/C22H25Cl2NO3/c1-2-16-3-8-20(23)18(13-16)15-28-19-6-4-17(5-7-19)21-14-25(11-12-27-21)10-9-22(24)26/h3-8,13,21H,2,9-12,14-15H2,1H3. The van der Waals surface area contributed by atoms with Gasteiger partial charge in [0.1, 0.15) is 12.4 Å². The molecule has 28 heavy (non-hydrogen) atoms. The molecule has 1 aliphatic heterocycles. The summed E-state index contributed by atoms with van der Waals surface area (Å²) in [6.45, 7) is 5.44. The number of carbonyl (C=O) groups is 1. The number of hydrogen-bond donors (Lipinski definition) is 0. The molecule has 1 aliphatic rings. The number of carbonyl (C=O) groups excluding carboxylic acids is 1. The Kier molecular flexibility index (Phi) is 7.74. The number of rotatable bonds is 8. The molecular weight excluding hydrogens is 397 g/mol. The summed E-state index contributed by atoms with van der Waals surface area (Å²) in [4.78, 5) is 13.2. The molecule has 4 nitrogen and oxygen atoms in total. The van der Waals surface area contributed by atoms with E-state index < -0.39 is 0 Å². The fourth-order valence-corrected chi connectivity index (χ4v) is 3.51. The van der Waals surface area contributed by atoms with Gasteiger partial charge in [0.05, 0.1) is 12.7 Å². The smallest absolute Gasteiger partial charge is 0.222 e. The molecule has 2 aromatic rings. The Morgan fingerprint density at radius 1 is 1.25 bits per heavy atom. The summed E-state index contributed by atoms with van der Waals surface area (Å²) in [6.07, 6.45) is 1.32. The van der Waals surface area contributed by atoms with Crippen LogP contribution in [0.15, 0.2) is 42.5 Å². The molecule has 0 amide bonds. The van der Waals surface area contributed by atoms with Crippen LogP contribution in [0.4, 0.5) is 0 Å². The van der Waals surface area contributed by atoms with Crippen molar-refractivity contribution in [3.8, 4) is 5.75 Å². The molecule has 0 aliphatic carbocycles. The molecule has 0 N–H and O–H groups in total. The van der Waals surface area contributed by atoms with Crippen LogP contribution in [0.3, 0.4) is 0 Å². The lowest BCUT2D eigenvalue weighted by molar-refractivity contribution is -0.112. The van der Waals surface area contributed by atoms with Crippen LogP contribution in [-0.4, -0.2) is 36.4 Å². The van der Waals surface area contributed by atoms with Crippen LogP contribution in [0.2, 0.25) is 5.02 Å². The van der Waals surface area contributed by atoms with Crippen LogP contribution < -0.4 is 4.74 Å². The van der Waals surface area contributed by atoms with Gasteiger partial charge in [0.2, 0.25) is 5.24 Å². The Balaban J connectivity index is 1.57. The van der Waals surface area contributed by atoms with Crippen molar-refractivity contribution in [2.45, 2.75) is 32.5 Å². The average Bonchev–Trinajstić information content (AvgIpc) is 2.72. The third kappa shape index (κ3) is 5.95. The molecule has 0 bridgehead atoms. The predicted molar refractivity (Wildman–Crippen MR) is 112 cm³/mol. The monoisotopic (exact) mass is 421 g/mol. The van der Waals surface area contributed by atoms with E-state index in [0.29, 0.717) is 26.2 Å². The van der Waals surface area contributed by atoms with Gasteiger partial charge in [0.15, 0.2) is 0 Å². The lowest BCUT2D eigenvalue weighted by Crippen LogP contribution is -2.39. The Hall–Kier alpha value is -1.59. The van der Waals surface area contributed by atoms with E-state index in [1.54, 1.807) is 0 Å². The highest BCUT2D eigenvalue weighted by Crippen LogP contribution is 2.26. The van der Waals surface area contributed by atoms with E-state index in [9.17, 15) is 4.79 Å². The third-order valence-corrected chi connectivity index (χ3v) is 5.50. The number of halogens is 2. The normalized spacial score (nSPS) is 17.5. The van der Waals surface area contributed by atoms with Crippen molar-refractivity contribution >= 4 is 28.4 Å². The van der Waals surface area contributed by atoms with E-state index in [1.165, 1.54) is 5.56 Å². The second-order valence-corrected chi connectivity index (χ2v) is 7.73.